The number of hydrogen-bond acceptors (Lipinski definition) is 3. The highest BCUT2D eigenvalue weighted by atomic mass is 16.2. The van der Waals surface area contributed by atoms with Gasteiger partial charge in [0.25, 0.3) is 0 Å². The lowest BCUT2D eigenvalue weighted by molar-refractivity contribution is -0.135. The first kappa shape index (κ1) is 22.9. The van der Waals surface area contributed by atoms with Crippen molar-refractivity contribution < 1.29 is 14.4 Å². The summed E-state index contributed by atoms with van der Waals surface area (Å²) < 4.78 is 0. The first-order valence-electron chi connectivity index (χ1n) is 13.8. The number of aryl methyl sites for hydroxylation is 1. The highest BCUT2D eigenvalue weighted by molar-refractivity contribution is 5.95. The molecule has 1 aromatic rings. The summed E-state index contributed by atoms with van der Waals surface area (Å²) in [5.41, 5.74) is 3.69. The van der Waals surface area contributed by atoms with E-state index in [0.717, 1.165) is 38.5 Å². The second-order valence-corrected chi connectivity index (χ2v) is 11.9. The van der Waals surface area contributed by atoms with Crippen molar-refractivity contribution in [3.63, 3.8) is 0 Å². The minimum Gasteiger partial charge on any atom is -0.352 e. The summed E-state index contributed by atoms with van der Waals surface area (Å²) in [6.07, 6.45) is 13.9. The first-order chi connectivity index (χ1) is 17.0. The fourth-order valence-corrected chi connectivity index (χ4v) is 8.44. The maximum Gasteiger partial charge on any atom is 0.223 e. The highest BCUT2D eigenvalue weighted by Gasteiger charge is 2.52. The number of hydrogen-bond donors (Lipinski definition) is 1. The zero-order chi connectivity index (χ0) is 24.1. The van der Waals surface area contributed by atoms with Crippen LogP contribution in [0.4, 0.5) is 0 Å². The number of rotatable bonds is 3. The summed E-state index contributed by atoms with van der Waals surface area (Å²) in [6, 6.07) is 8.21. The third kappa shape index (κ3) is 4.13. The van der Waals surface area contributed by atoms with Gasteiger partial charge in [0.15, 0.2) is 11.6 Å². The maximum atomic E-state index is 13.6. The van der Waals surface area contributed by atoms with Gasteiger partial charge < -0.3 is 5.32 Å². The molecule has 35 heavy (non-hydrogen) atoms. The van der Waals surface area contributed by atoms with E-state index in [1.54, 1.807) is 6.08 Å². The molecule has 5 aliphatic carbocycles. The number of benzene rings is 1. The molecule has 3 fully saturated rings. The minimum absolute atomic E-state index is 0.0141. The van der Waals surface area contributed by atoms with Crippen LogP contribution in [0.25, 0.3) is 0 Å². The molecule has 0 bridgehead atoms. The van der Waals surface area contributed by atoms with Crippen LogP contribution in [0.3, 0.4) is 0 Å². The molecule has 4 nitrogen and oxygen atoms in total. The molecule has 0 spiro atoms. The predicted molar refractivity (Wildman–Crippen MR) is 135 cm³/mol. The van der Waals surface area contributed by atoms with E-state index in [1.165, 1.54) is 23.1 Å². The third-order valence-corrected chi connectivity index (χ3v) is 10.2. The largest absolute Gasteiger partial charge is 0.352 e. The van der Waals surface area contributed by atoms with Crippen LogP contribution in [0.2, 0.25) is 0 Å². The molecule has 0 aromatic heterocycles. The lowest BCUT2D eigenvalue weighted by atomic mass is 9.50. The molecule has 0 saturated heterocycles. The number of carbonyl (C=O) groups is 3. The van der Waals surface area contributed by atoms with Crippen molar-refractivity contribution in [1.82, 2.24) is 5.32 Å². The lowest BCUT2D eigenvalue weighted by Gasteiger charge is -2.53. The molecule has 8 atom stereocenters. The topological polar surface area (TPSA) is 63.2 Å². The molecule has 0 heterocycles. The van der Waals surface area contributed by atoms with Crippen molar-refractivity contribution in [3.8, 4) is 0 Å². The van der Waals surface area contributed by atoms with E-state index < -0.39 is 0 Å². The monoisotopic (exact) mass is 471 g/mol. The molecule has 3 saturated carbocycles. The number of nitrogens with one attached hydrogen (secondary N) is 1. The Morgan fingerprint density at radius 1 is 0.971 bits per heavy atom. The summed E-state index contributed by atoms with van der Waals surface area (Å²) in [5, 5.41) is 3.20. The van der Waals surface area contributed by atoms with Gasteiger partial charge in [0.05, 0.1) is 0 Å². The van der Waals surface area contributed by atoms with Crippen LogP contribution in [0.5, 0.6) is 0 Å². The van der Waals surface area contributed by atoms with Gasteiger partial charge >= 0.3 is 0 Å². The van der Waals surface area contributed by atoms with Crippen LogP contribution in [0.1, 0.15) is 62.5 Å². The van der Waals surface area contributed by atoms with Gasteiger partial charge in [-0.25, -0.2) is 0 Å². The average Bonchev–Trinajstić information content (AvgIpc) is 2.87. The van der Waals surface area contributed by atoms with E-state index in [9.17, 15) is 14.4 Å². The average molecular weight is 472 g/mol. The second kappa shape index (κ2) is 9.19. The van der Waals surface area contributed by atoms with E-state index in [0.29, 0.717) is 48.3 Å². The quantitative estimate of drug-likeness (QED) is 0.646. The fourth-order valence-electron chi connectivity index (χ4n) is 8.44. The van der Waals surface area contributed by atoms with Crippen molar-refractivity contribution in [2.75, 3.05) is 0 Å². The molecule has 6 rings (SSSR count). The molecular formula is C31H37NO3. The van der Waals surface area contributed by atoms with E-state index in [4.69, 9.17) is 0 Å². The van der Waals surface area contributed by atoms with Crippen molar-refractivity contribution in [2.45, 2.75) is 64.8 Å². The van der Waals surface area contributed by atoms with Crippen LogP contribution in [-0.2, 0) is 20.9 Å². The van der Waals surface area contributed by atoms with Gasteiger partial charge in [0.1, 0.15) is 0 Å². The third-order valence-electron chi connectivity index (χ3n) is 10.2. The predicted octanol–water partition coefficient (Wildman–Crippen LogP) is 5.35. The zero-order valence-corrected chi connectivity index (χ0v) is 20.7. The Hall–Kier alpha value is -2.49. The van der Waals surface area contributed by atoms with Crippen LogP contribution in [0, 0.1) is 54.3 Å². The van der Waals surface area contributed by atoms with E-state index in [1.807, 2.05) is 18.2 Å². The molecule has 0 radical (unpaired) electrons. The normalized spacial score (nSPS) is 37.9. The Kier molecular flexibility index (Phi) is 6.02. The number of ketones is 2. The lowest BCUT2D eigenvalue weighted by Crippen LogP contribution is -2.50. The molecule has 4 heteroatoms. The number of fused-ring (bicyclic) bond motifs is 7. The molecular weight excluding hydrogens is 434 g/mol. The van der Waals surface area contributed by atoms with Crippen LogP contribution >= 0.6 is 0 Å². The van der Waals surface area contributed by atoms with Gasteiger partial charge in [0, 0.05) is 30.7 Å². The van der Waals surface area contributed by atoms with Gasteiger partial charge in [-0.2, -0.15) is 0 Å². The van der Waals surface area contributed by atoms with Crippen molar-refractivity contribution in [2.24, 2.45) is 47.3 Å². The number of carbonyl (C=O) groups excluding carboxylic acids is 3. The summed E-state index contributed by atoms with van der Waals surface area (Å²) in [6.45, 7) is 2.66. The van der Waals surface area contributed by atoms with Crippen molar-refractivity contribution >= 4 is 17.5 Å². The SMILES string of the molecule is Cc1ccccc1CNC(=O)C1CCC2CCC3C4CCC5CC(=O)C=CC5C4=CC(=O)C3C2C1. The molecule has 0 aliphatic heterocycles. The fraction of sp³-hybridized carbons (Fsp3) is 0.581. The van der Waals surface area contributed by atoms with E-state index in [-0.39, 0.29) is 29.4 Å². The molecule has 8 unspecified atom stereocenters. The molecule has 1 aromatic carbocycles. The molecule has 1 N–H and O–H groups in total. The van der Waals surface area contributed by atoms with Gasteiger partial charge in [-0.05, 0) is 105 Å². The maximum absolute atomic E-state index is 13.6. The zero-order valence-electron chi connectivity index (χ0n) is 20.7. The Morgan fingerprint density at radius 2 is 1.77 bits per heavy atom. The van der Waals surface area contributed by atoms with Crippen LogP contribution < -0.4 is 5.32 Å². The van der Waals surface area contributed by atoms with Crippen LogP contribution in [0.15, 0.2) is 48.1 Å². The van der Waals surface area contributed by atoms with E-state index in [2.05, 4.69) is 30.4 Å². The van der Waals surface area contributed by atoms with Gasteiger partial charge in [-0.3, -0.25) is 14.4 Å². The minimum atomic E-state index is 0.0141. The Balaban J connectivity index is 1.18. The first-order valence-corrected chi connectivity index (χ1v) is 13.8. The Labute approximate surface area is 208 Å². The summed E-state index contributed by atoms with van der Waals surface area (Å²) in [4.78, 5) is 38.8. The second-order valence-electron chi connectivity index (χ2n) is 11.9. The Bertz CT molecular complexity index is 1100. The van der Waals surface area contributed by atoms with Crippen molar-refractivity contribution in [3.05, 3.63) is 59.2 Å². The summed E-state index contributed by atoms with van der Waals surface area (Å²) in [7, 11) is 0. The van der Waals surface area contributed by atoms with Crippen molar-refractivity contribution in [1.29, 1.82) is 0 Å². The smallest absolute Gasteiger partial charge is 0.223 e. The molecule has 5 aliphatic rings. The standard InChI is InChI=1S/C31H37NO3/c1-18-4-2-3-5-22(18)17-32-31(35)21-7-6-19-8-12-26-25-11-9-20-14-23(33)10-13-24(20)28(25)16-29(34)30(26)27(19)15-21/h2-5,10,13,16,19-21,24-27,30H,6-9,11-12,14-15,17H2,1H3,(H,32,35). The molecule has 1 amide bonds. The molecule has 184 valence electrons. The summed E-state index contributed by atoms with van der Waals surface area (Å²) in [5.74, 6) is 3.28. The summed E-state index contributed by atoms with van der Waals surface area (Å²) >= 11 is 0. The van der Waals surface area contributed by atoms with E-state index >= 15 is 0 Å². The highest BCUT2D eigenvalue weighted by Crippen LogP contribution is 2.57. The van der Waals surface area contributed by atoms with Crippen LogP contribution in [-0.4, -0.2) is 17.5 Å². The number of allylic oxidation sites excluding steroid dienone is 4. The van der Waals surface area contributed by atoms with Gasteiger partial charge in [0.2, 0.25) is 5.91 Å². The Morgan fingerprint density at radius 3 is 2.63 bits per heavy atom. The van der Waals surface area contributed by atoms with Gasteiger partial charge in [-0.1, -0.05) is 35.9 Å². The number of amides is 1. The van der Waals surface area contributed by atoms with Gasteiger partial charge in [-0.15, -0.1) is 0 Å².